The van der Waals surface area contributed by atoms with Crippen molar-refractivity contribution in [2.24, 2.45) is 11.7 Å². The maximum atomic E-state index is 11.0. The highest BCUT2D eigenvalue weighted by Crippen LogP contribution is 2.49. The van der Waals surface area contributed by atoms with Gasteiger partial charge in [-0.05, 0) is 18.8 Å². The zero-order valence-corrected chi connectivity index (χ0v) is 11.7. The Hall–Kier alpha value is 0.680. The van der Waals surface area contributed by atoms with Gasteiger partial charge >= 0.3 is 12.7 Å². The fourth-order valence-corrected chi connectivity index (χ4v) is 3.30. The molecule has 16 heavy (non-hydrogen) atoms. The molecule has 3 atom stereocenters. The first-order chi connectivity index (χ1) is 7.30. The standard InChI is InChI=1S/C9H18NO3PS2/c10-8(15,9(11,16)14(12)13)7-5-3-1-2-4-6-7/h7,11,15-16H,1-6,10H2. The van der Waals surface area contributed by atoms with Crippen LogP contribution in [0.2, 0.25) is 0 Å². The highest BCUT2D eigenvalue weighted by atomic mass is 32.1. The lowest BCUT2D eigenvalue weighted by Gasteiger charge is -2.37. The van der Waals surface area contributed by atoms with Gasteiger partial charge in [0.1, 0.15) is 4.87 Å². The predicted octanol–water partition coefficient (Wildman–Crippen LogP) is 1.22. The van der Waals surface area contributed by atoms with Gasteiger partial charge in [-0.2, -0.15) is 0 Å². The Morgan fingerprint density at radius 2 is 1.69 bits per heavy atom. The summed E-state index contributed by atoms with van der Waals surface area (Å²) in [6, 6.07) is 0. The molecule has 1 aliphatic rings. The molecule has 0 saturated heterocycles. The highest BCUT2D eigenvalue weighted by Gasteiger charge is 2.57. The summed E-state index contributed by atoms with van der Waals surface area (Å²) in [7, 11) is -3.15. The quantitative estimate of drug-likeness (QED) is 0.271. The van der Waals surface area contributed by atoms with Gasteiger partial charge in [-0.15, -0.1) is 12.6 Å². The van der Waals surface area contributed by atoms with E-state index in [2.05, 4.69) is 25.3 Å². The molecule has 0 radical (unpaired) electrons. The van der Waals surface area contributed by atoms with Crippen molar-refractivity contribution in [3.63, 3.8) is 0 Å². The molecule has 0 bridgehead atoms. The number of hydrogen-bond acceptors (Lipinski definition) is 6. The molecular formula is C9H18NO3PS2. The topological polar surface area (TPSA) is 86.4 Å². The summed E-state index contributed by atoms with van der Waals surface area (Å²) < 4.78 is 8.71. The Labute approximate surface area is 108 Å². The molecule has 0 aromatic rings. The summed E-state index contributed by atoms with van der Waals surface area (Å²) in [6.07, 6.45) is 5.79. The fraction of sp³-hybridized carbons (Fsp3) is 1.00. The maximum Gasteiger partial charge on any atom is 0.359 e. The van der Waals surface area contributed by atoms with Crippen LogP contribution >= 0.6 is 33.3 Å². The first-order valence-corrected chi connectivity index (χ1v) is 7.48. The van der Waals surface area contributed by atoms with Crippen LogP contribution in [0.25, 0.3) is 0 Å². The Morgan fingerprint density at radius 3 is 2.06 bits per heavy atom. The summed E-state index contributed by atoms with van der Waals surface area (Å²) >= 11 is 7.93. The number of thiol groups is 2. The van der Waals surface area contributed by atoms with Gasteiger partial charge in [-0.1, -0.05) is 42.9 Å². The summed E-state index contributed by atoms with van der Waals surface area (Å²) in [5.74, 6) is -0.131. The van der Waals surface area contributed by atoms with Gasteiger partial charge in [0.25, 0.3) is 0 Å². The van der Waals surface area contributed by atoms with Crippen molar-refractivity contribution in [1.29, 1.82) is 0 Å². The van der Waals surface area contributed by atoms with E-state index in [9.17, 15) is 14.6 Å². The average molecular weight is 283 g/mol. The van der Waals surface area contributed by atoms with Crippen molar-refractivity contribution in [3.8, 4) is 0 Å². The molecule has 1 fully saturated rings. The molecule has 94 valence electrons. The second-order valence-corrected chi connectivity index (χ2v) is 7.31. The minimum absolute atomic E-state index is 0.131. The van der Waals surface area contributed by atoms with Gasteiger partial charge in [0, 0.05) is 0 Å². The smallest absolute Gasteiger partial charge is 0.359 e. The van der Waals surface area contributed by atoms with Gasteiger partial charge in [0.2, 0.25) is 0 Å². The van der Waals surface area contributed by atoms with Crippen molar-refractivity contribution in [2.75, 3.05) is 0 Å². The Morgan fingerprint density at radius 1 is 1.25 bits per heavy atom. The molecule has 1 aliphatic carbocycles. The first kappa shape index (κ1) is 14.7. The fourth-order valence-electron chi connectivity index (χ4n) is 2.14. The molecule has 4 nitrogen and oxygen atoms in total. The van der Waals surface area contributed by atoms with Crippen molar-refractivity contribution in [3.05, 3.63) is 0 Å². The Balaban J connectivity index is 2.85. The van der Waals surface area contributed by atoms with E-state index in [-0.39, 0.29) is 5.92 Å². The molecule has 0 amide bonds. The summed E-state index contributed by atoms with van der Waals surface area (Å²) in [6.45, 7) is 0. The largest absolute Gasteiger partial charge is 0.592 e. The third-order valence-electron chi connectivity index (χ3n) is 3.27. The summed E-state index contributed by atoms with van der Waals surface area (Å²) in [5, 5.41) is 9.83. The van der Waals surface area contributed by atoms with Gasteiger partial charge in [-0.3, -0.25) is 0 Å². The van der Waals surface area contributed by atoms with Crippen LogP contribution in [0.4, 0.5) is 0 Å². The van der Waals surface area contributed by atoms with Gasteiger partial charge in [0.15, 0.2) is 0 Å². The molecule has 1 saturated carbocycles. The molecule has 7 heteroatoms. The minimum Gasteiger partial charge on any atom is -0.592 e. The molecule has 0 aromatic carbocycles. The molecule has 0 aliphatic heterocycles. The minimum atomic E-state index is -3.15. The number of rotatable bonds is 3. The zero-order chi connectivity index (χ0) is 12.4. The van der Waals surface area contributed by atoms with E-state index >= 15 is 0 Å². The molecule has 0 aromatic heterocycles. The van der Waals surface area contributed by atoms with Crippen molar-refractivity contribution >= 4 is 33.3 Å². The van der Waals surface area contributed by atoms with Crippen LogP contribution in [0, 0.1) is 5.92 Å². The Kier molecular flexibility index (Phi) is 5.11. The lowest BCUT2D eigenvalue weighted by molar-refractivity contribution is -0.175. The van der Waals surface area contributed by atoms with E-state index in [4.69, 9.17) is 5.73 Å². The lowest BCUT2D eigenvalue weighted by atomic mass is 9.92. The van der Waals surface area contributed by atoms with E-state index in [1.54, 1.807) is 0 Å². The average Bonchev–Trinajstić information content (AvgIpc) is 2.45. The van der Waals surface area contributed by atoms with Crippen LogP contribution in [-0.2, 0) is 4.57 Å². The van der Waals surface area contributed by atoms with Gasteiger partial charge < -0.3 is 15.7 Å². The first-order valence-electron chi connectivity index (χ1n) is 5.40. The van der Waals surface area contributed by atoms with E-state index in [0.29, 0.717) is 0 Å². The van der Waals surface area contributed by atoms with E-state index in [0.717, 1.165) is 38.5 Å². The van der Waals surface area contributed by atoms with E-state index in [1.165, 1.54) is 0 Å². The number of hydrogen-bond donors (Lipinski definition) is 4. The van der Waals surface area contributed by atoms with Crippen LogP contribution in [-0.4, -0.2) is 14.7 Å². The van der Waals surface area contributed by atoms with Crippen molar-refractivity contribution in [1.82, 2.24) is 0 Å². The third-order valence-corrected chi connectivity index (χ3v) is 6.05. The Bertz CT molecular complexity index is 265. The monoisotopic (exact) mass is 283 g/mol. The number of aliphatic hydroxyl groups is 1. The molecule has 3 unspecified atom stereocenters. The predicted molar refractivity (Wildman–Crippen MR) is 68.6 cm³/mol. The van der Waals surface area contributed by atoms with Crippen molar-refractivity contribution in [2.45, 2.75) is 48.1 Å². The second-order valence-electron chi connectivity index (χ2n) is 4.41. The highest BCUT2D eigenvalue weighted by molar-refractivity contribution is 7.91. The normalized spacial score (nSPS) is 27.7. The van der Waals surface area contributed by atoms with Crippen LogP contribution in [0.5, 0.6) is 0 Å². The zero-order valence-electron chi connectivity index (χ0n) is 9.00. The SMILES string of the molecule is NC(S)(C1CCCCCC1)C(O)(S)[P+](=O)[O-]. The van der Waals surface area contributed by atoms with Gasteiger partial charge in [0.05, 0.1) is 0 Å². The molecule has 0 spiro atoms. The van der Waals surface area contributed by atoms with Crippen molar-refractivity contribution < 1.29 is 14.6 Å². The maximum absolute atomic E-state index is 11.0. The molecular weight excluding hydrogens is 265 g/mol. The lowest BCUT2D eigenvalue weighted by Crippen LogP contribution is -2.57. The number of nitrogens with two attached hydrogens (primary N) is 1. The molecule has 1 rings (SSSR count). The molecule has 0 heterocycles. The van der Waals surface area contributed by atoms with E-state index in [1.807, 2.05) is 0 Å². The van der Waals surface area contributed by atoms with E-state index < -0.39 is 17.6 Å². The van der Waals surface area contributed by atoms with Crippen LogP contribution in [0.15, 0.2) is 0 Å². The second kappa shape index (κ2) is 5.55. The van der Waals surface area contributed by atoms with Crippen LogP contribution in [0.3, 0.4) is 0 Å². The van der Waals surface area contributed by atoms with Gasteiger partial charge in [-0.25, -0.2) is 0 Å². The summed E-state index contributed by atoms with van der Waals surface area (Å²) in [5.41, 5.74) is 5.89. The van der Waals surface area contributed by atoms with Crippen LogP contribution in [0.1, 0.15) is 38.5 Å². The van der Waals surface area contributed by atoms with Crippen LogP contribution < -0.4 is 10.6 Å². The molecule has 3 N–H and O–H groups in total. The summed E-state index contributed by atoms with van der Waals surface area (Å²) in [4.78, 5) is 9.47. The third kappa shape index (κ3) is 2.92.